The number of rotatable bonds is 4. The van der Waals surface area contributed by atoms with Crippen LogP contribution in [0.15, 0.2) is 36.5 Å². The van der Waals surface area contributed by atoms with Crippen molar-refractivity contribution in [2.75, 3.05) is 50.1 Å². The minimum atomic E-state index is -0.591. The van der Waals surface area contributed by atoms with Crippen LogP contribution in [-0.4, -0.2) is 94.4 Å². The van der Waals surface area contributed by atoms with Crippen molar-refractivity contribution in [1.82, 2.24) is 24.3 Å². The third-order valence-corrected chi connectivity index (χ3v) is 9.08. The van der Waals surface area contributed by atoms with Crippen LogP contribution in [0, 0.1) is 5.82 Å². The monoisotopic (exact) mass is 621 g/mol. The Hall–Kier alpha value is -3.63. The fourth-order valence-corrected chi connectivity index (χ4v) is 6.57. The van der Waals surface area contributed by atoms with Gasteiger partial charge < -0.3 is 28.9 Å². The first-order chi connectivity index (χ1) is 20.7. The van der Waals surface area contributed by atoms with E-state index in [1.165, 1.54) is 0 Å². The molecule has 0 radical (unpaired) electrons. The minimum Gasteiger partial charge on any atom is -0.444 e. The average molecular weight is 622 g/mol. The number of halogens is 2. The molecule has 0 unspecified atom stereocenters. The fourth-order valence-electron chi connectivity index (χ4n) is 6.28. The number of likely N-dealkylation sites (N-methyl/N-ethyl adjacent to an activating group) is 1. The highest BCUT2D eigenvalue weighted by molar-refractivity contribution is 6.35. The van der Waals surface area contributed by atoms with E-state index in [0.717, 1.165) is 24.0 Å². The number of hydrogen-bond acceptors (Lipinski definition) is 7. The van der Waals surface area contributed by atoms with Crippen LogP contribution in [0.5, 0.6) is 0 Å². The number of ether oxygens (including phenoxy) is 1. The van der Waals surface area contributed by atoms with Crippen LogP contribution in [0.4, 0.5) is 21.0 Å². The van der Waals surface area contributed by atoms with Gasteiger partial charge in [-0.25, -0.2) is 14.2 Å². The molecule has 0 aliphatic carbocycles. The highest BCUT2D eigenvalue weighted by Gasteiger charge is 2.38. The minimum absolute atomic E-state index is 0.116. The van der Waals surface area contributed by atoms with Gasteiger partial charge in [0.05, 0.1) is 10.5 Å². The van der Waals surface area contributed by atoms with E-state index in [2.05, 4.69) is 28.8 Å². The lowest BCUT2D eigenvalue weighted by molar-refractivity contribution is 0.0130. The van der Waals surface area contributed by atoms with Gasteiger partial charge in [-0.2, -0.15) is 4.98 Å². The van der Waals surface area contributed by atoms with Crippen molar-refractivity contribution >= 4 is 51.3 Å². The van der Waals surface area contributed by atoms with Gasteiger partial charge in [-0.05, 0) is 60.8 Å². The molecule has 2 aliphatic rings. The van der Waals surface area contributed by atoms with E-state index < -0.39 is 11.4 Å². The second-order valence-electron chi connectivity index (χ2n) is 13.5. The molecule has 6 rings (SSSR count). The molecule has 2 aliphatic heterocycles. The number of nitrogens with zero attached hydrogens (tertiary/aromatic N) is 7. The molecular weight excluding hydrogens is 581 g/mol. The second-order valence-corrected chi connectivity index (χ2v) is 13.9. The Morgan fingerprint density at radius 3 is 2.48 bits per heavy atom. The third kappa shape index (κ3) is 5.32. The van der Waals surface area contributed by atoms with Crippen LogP contribution in [0.3, 0.4) is 0 Å². The van der Waals surface area contributed by atoms with Crippen LogP contribution in [0.1, 0.15) is 34.6 Å². The Bertz CT molecular complexity index is 1740. The van der Waals surface area contributed by atoms with Gasteiger partial charge in [0.1, 0.15) is 16.9 Å². The number of aryl methyl sites for hydroxylation is 1. The van der Waals surface area contributed by atoms with Gasteiger partial charge in [0, 0.05) is 79.4 Å². The lowest BCUT2D eigenvalue weighted by Crippen LogP contribution is -2.59. The van der Waals surface area contributed by atoms with Gasteiger partial charge in [0.15, 0.2) is 5.82 Å². The van der Waals surface area contributed by atoms with Crippen molar-refractivity contribution in [3.05, 3.63) is 47.4 Å². The molecule has 9 nitrogen and oxygen atoms in total. The molecule has 0 spiro atoms. The first-order valence-electron chi connectivity index (χ1n) is 15.1. The summed E-state index contributed by atoms with van der Waals surface area (Å²) in [6.45, 7) is 12.1. The summed E-state index contributed by atoms with van der Waals surface area (Å²) >= 11 is 6.95. The molecule has 2 aromatic carbocycles. The number of fused-ring (bicyclic) bond motifs is 2. The highest BCUT2D eigenvalue weighted by atomic mass is 35.5. The number of hydrogen-bond donors (Lipinski definition) is 0. The number of anilines is 2. The Morgan fingerprint density at radius 1 is 1.07 bits per heavy atom. The predicted molar refractivity (Wildman–Crippen MR) is 175 cm³/mol. The van der Waals surface area contributed by atoms with Crippen LogP contribution < -0.4 is 9.80 Å². The summed E-state index contributed by atoms with van der Waals surface area (Å²) in [5.74, 6) is 0.638. The summed E-state index contributed by atoms with van der Waals surface area (Å²) in [5.41, 5.74) is 1.59. The van der Waals surface area contributed by atoms with Gasteiger partial charge in [0.2, 0.25) is 5.95 Å². The summed E-state index contributed by atoms with van der Waals surface area (Å²) < 4.78 is 24.6. The van der Waals surface area contributed by atoms with Crippen LogP contribution in [0.25, 0.3) is 32.9 Å². The number of benzene rings is 2. The zero-order valence-corrected chi connectivity index (χ0v) is 27.5. The van der Waals surface area contributed by atoms with Gasteiger partial charge in [0.25, 0.3) is 0 Å². The van der Waals surface area contributed by atoms with Crippen molar-refractivity contribution in [2.24, 2.45) is 7.05 Å². The number of para-hydroxylation sites is 1. The Balaban J connectivity index is 1.47. The molecule has 4 aromatic rings. The van der Waals surface area contributed by atoms with E-state index in [4.69, 9.17) is 26.3 Å². The smallest absolute Gasteiger partial charge is 0.410 e. The summed E-state index contributed by atoms with van der Waals surface area (Å²) in [6, 6.07) is 9.73. The quantitative estimate of drug-likeness (QED) is 0.270. The molecular formula is C33H41ClFN7O2. The van der Waals surface area contributed by atoms with Gasteiger partial charge in [-0.1, -0.05) is 29.8 Å². The SMILES string of the molecule is C[C@H]1CN(c2nc(N3CC(N(C)C)C3)nc3c(F)c(-c4cccc5ccn(C)c45)c(Cl)cc23)[C@@H](C)CN1C(=O)OC(C)(C)C. The Labute approximate surface area is 263 Å². The van der Waals surface area contributed by atoms with Crippen molar-refractivity contribution in [2.45, 2.75) is 58.3 Å². The number of amides is 1. The summed E-state index contributed by atoms with van der Waals surface area (Å²) in [4.78, 5) is 31.1. The predicted octanol–water partition coefficient (Wildman–Crippen LogP) is 6.17. The van der Waals surface area contributed by atoms with E-state index in [0.29, 0.717) is 52.4 Å². The highest BCUT2D eigenvalue weighted by Crippen LogP contribution is 2.42. The van der Waals surface area contributed by atoms with Crippen LogP contribution in [0.2, 0.25) is 5.02 Å². The zero-order valence-electron chi connectivity index (χ0n) is 26.7. The maximum absolute atomic E-state index is 16.9. The van der Waals surface area contributed by atoms with Crippen LogP contribution in [-0.2, 0) is 11.8 Å². The average Bonchev–Trinajstić information content (AvgIpc) is 3.29. The van der Waals surface area contributed by atoms with Crippen LogP contribution >= 0.6 is 11.6 Å². The molecule has 2 aromatic heterocycles. The molecule has 2 saturated heterocycles. The topological polar surface area (TPSA) is 70.0 Å². The van der Waals surface area contributed by atoms with E-state index in [1.54, 1.807) is 11.0 Å². The van der Waals surface area contributed by atoms with E-state index in [-0.39, 0.29) is 23.7 Å². The lowest BCUT2D eigenvalue weighted by atomic mass is 9.99. The number of aromatic nitrogens is 3. The van der Waals surface area contributed by atoms with Crippen molar-refractivity contribution in [3.63, 3.8) is 0 Å². The van der Waals surface area contributed by atoms with E-state index >= 15 is 4.39 Å². The molecule has 11 heteroatoms. The van der Waals surface area contributed by atoms with E-state index in [9.17, 15) is 4.79 Å². The maximum Gasteiger partial charge on any atom is 0.410 e. The number of piperazine rings is 1. The fraction of sp³-hybridized carbons (Fsp3) is 0.485. The van der Waals surface area contributed by atoms with Crippen molar-refractivity contribution < 1.29 is 13.9 Å². The zero-order chi connectivity index (χ0) is 31.7. The second kappa shape index (κ2) is 11.1. The van der Waals surface area contributed by atoms with Gasteiger partial charge >= 0.3 is 6.09 Å². The molecule has 0 N–H and O–H groups in total. The number of carbonyl (C=O) groups excluding carboxylic acids is 1. The van der Waals surface area contributed by atoms with Crippen molar-refractivity contribution in [3.8, 4) is 11.1 Å². The number of carbonyl (C=O) groups is 1. The maximum atomic E-state index is 16.9. The molecule has 4 heterocycles. The van der Waals surface area contributed by atoms with E-state index in [1.807, 2.05) is 76.7 Å². The first kappa shape index (κ1) is 30.4. The van der Waals surface area contributed by atoms with Gasteiger partial charge in [-0.15, -0.1) is 0 Å². The standard InChI is InChI=1S/C33H41ClFN7O2/c1-19-16-42(32(43)44-33(3,4)5)20(2)15-41(19)30-24-14-25(34)26(23-11-9-10-21-12-13-39(8)29(21)23)27(35)28(24)36-31(37-30)40-17-22(18-40)38(6)7/h9-14,19-20,22H,15-18H2,1-8H3/t19-,20-/m0/s1. The van der Waals surface area contributed by atoms with Gasteiger partial charge in [-0.3, -0.25) is 0 Å². The molecule has 2 atom stereocenters. The molecule has 0 saturated carbocycles. The Morgan fingerprint density at radius 2 is 1.80 bits per heavy atom. The third-order valence-electron chi connectivity index (χ3n) is 8.78. The Kier molecular flexibility index (Phi) is 7.65. The molecule has 234 valence electrons. The lowest BCUT2D eigenvalue weighted by Gasteiger charge is -2.46. The normalized spacial score (nSPS) is 19.8. The summed E-state index contributed by atoms with van der Waals surface area (Å²) in [6.07, 6.45) is 1.62. The molecule has 0 bridgehead atoms. The molecule has 2 fully saturated rings. The largest absolute Gasteiger partial charge is 0.444 e. The molecule has 44 heavy (non-hydrogen) atoms. The van der Waals surface area contributed by atoms with Crippen molar-refractivity contribution in [1.29, 1.82) is 0 Å². The summed E-state index contributed by atoms with van der Waals surface area (Å²) in [5, 5.41) is 1.85. The first-order valence-corrected chi connectivity index (χ1v) is 15.5. The summed E-state index contributed by atoms with van der Waals surface area (Å²) in [7, 11) is 6.06. The molecule has 1 amide bonds.